The Balaban J connectivity index is 2.66. The maximum atomic E-state index is 10.4. The summed E-state index contributed by atoms with van der Waals surface area (Å²) >= 11 is 5.64. The topological polar surface area (TPSA) is 37.3 Å². The van der Waals surface area contributed by atoms with E-state index in [0.717, 1.165) is 0 Å². The summed E-state index contributed by atoms with van der Waals surface area (Å²) < 4.78 is 0. The van der Waals surface area contributed by atoms with Crippen LogP contribution < -0.4 is 0 Å². The molecule has 0 saturated carbocycles. The Morgan fingerprint density at radius 2 is 2.00 bits per heavy atom. The van der Waals surface area contributed by atoms with Gasteiger partial charge in [0.1, 0.15) is 4.87 Å². The van der Waals surface area contributed by atoms with E-state index in [1.54, 1.807) is 12.2 Å². The van der Waals surface area contributed by atoms with Crippen LogP contribution in [-0.2, 0) is 4.79 Å². The van der Waals surface area contributed by atoms with Gasteiger partial charge >= 0.3 is 5.97 Å². The Bertz CT molecular complexity index is 154. The smallest absolute Gasteiger partial charge is 0.325 e. The van der Waals surface area contributed by atoms with Crippen LogP contribution in [0, 0.1) is 0 Å². The highest BCUT2D eigenvalue weighted by Crippen LogP contribution is 2.30. The molecule has 0 heterocycles. The molecule has 0 saturated heterocycles. The Hall–Kier alpha value is -0.500. The summed E-state index contributed by atoms with van der Waals surface area (Å²) in [6.07, 6.45) is 4.48. The van der Waals surface area contributed by atoms with Gasteiger partial charge in [0.15, 0.2) is 0 Å². The predicted molar refractivity (Wildman–Crippen MR) is 34.6 cm³/mol. The maximum absolute atomic E-state index is 10.4. The van der Waals surface area contributed by atoms with E-state index in [4.69, 9.17) is 16.7 Å². The fourth-order valence-electron chi connectivity index (χ4n) is 0.798. The minimum Gasteiger partial charge on any atom is -0.480 e. The summed E-state index contributed by atoms with van der Waals surface area (Å²) in [5.74, 6) is -0.922. The summed E-state index contributed by atoms with van der Waals surface area (Å²) in [5.41, 5.74) is 0. The van der Waals surface area contributed by atoms with Crippen molar-refractivity contribution in [1.29, 1.82) is 0 Å². The molecule has 0 radical (unpaired) electrons. The van der Waals surface area contributed by atoms with Gasteiger partial charge in [0.05, 0.1) is 0 Å². The van der Waals surface area contributed by atoms with Gasteiger partial charge in [-0.05, 0) is 12.8 Å². The number of rotatable bonds is 1. The molecule has 0 unspecified atom stereocenters. The van der Waals surface area contributed by atoms with Crippen molar-refractivity contribution >= 4 is 17.6 Å². The number of carboxylic acid groups (broad SMARTS) is 1. The number of carboxylic acids is 1. The zero-order valence-electron chi connectivity index (χ0n) is 4.80. The van der Waals surface area contributed by atoms with Crippen LogP contribution in [0.15, 0.2) is 12.2 Å². The highest BCUT2D eigenvalue weighted by molar-refractivity contribution is 6.34. The van der Waals surface area contributed by atoms with Gasteiger partial charge in [0, 0.05) is 0 Å². The largest absolute Gasteiger partial charge is 0.480 e. The highest BCUT2D eigenvalue weighted by atomic mass is 35.5. The van der Waals surface area contributed by atoms with E-state index in [1.165, 1.54) is 0 Å². The zero-order chi connectivity index (χ0) is 6.91. The van der Waals surface area contributed by atoms with Crippen molar-refractivity contribution in [3.05, 3.63) is 12.2 Å². The normalized spacial score (nSPS) is 22.3. The Labute approximate surface area is 58.1 Å². The van der Waals surface area contributed by atoms with Crippen molar-refractivity contribution in [1.82, 2.24) is 0 Å². The molecular weight excluding hydrogens is 140 g/mol. The molecule has 3 heteroatoms. The second-order valence-electron chi connectivity index (χ2n) is 2.15. The van der Waals surface area contributed by atoms with Gasteiger partial charge in [0.2, 0.25) is 0 Å². The molecule has 1 aliphatic carbocycles. The van der Waals surface area contributed by atoms with E-state index in [9.17, 15) is 4.79 Å². The SMILES string of the molecule is O=C(O)C1(Cl)CC=CC1. The van der Waals surface area contributed by atoms with E-state index in [1.807, 2.05) is 0 Å². The van der Waals surface area contributed by atoms with Crippen LogP contribution in [0.3, 0.4) is 0 Å². The molecule has 0 aliphatic heterocycles. The second-order valence-corrected chi connectivity index (χ2v) is 2.87. The van der Waals surface area contributed by atoms with Gasteiger partial charge in [-0.3, -0.25) is 4.79 Å². The van der Waals surface area contributed by atoms with Crippen LogP contribution in [0.4, 0.5) is 0 Å². The summed E-state index contributed by atoms with van der Waals surface area (Å²) in [6, 6.07) is 0. The minimum atomic E-state index is -1.03. The molecule has 0 atom stereocenters. The van der Waals surface area contributed by atoms with Crippen molar-refractivity contribution in [3.8, 4) is 0 Å². The third-order valence-electron chi connectivity index (χ3n) is 1.43. The van der Waals surface area contributed by atoms with Crippen LogP contribution in [0.5, 0.6) is 0 Å². The molecule has 1 aliphatic rings. The molecule has 9 heavy (non-hydrogen) atoms. The van der Waals surface area contributed by atoms with Crippen molar-refractivity contribution in [2.24, 2.45) is 0 Å². The van der Waals surface area contributed by atoms with Gasteiger partial charge in [-0.1, -0.05) is 12.2 Å². The van der Waals surface area contributed by atoms with E-state index >= 15 is 0 Å². The van der Waals surface area contributed by atoms with Crippen LogP contribution in [-0.4, -0.2) is 16.0 Å². The van der Waals surface area contributed by atoms with E-state index in [2.05, 4.69) is 0 Å². The van der Waals surface area contributed by atoms with Crippen LogP contribution >= 0.6 is 11.6 Å². The average molecular weight is 147 g/mol. The first-order valence-electron chi connectivity index (χ1n) is 2.72. The summed E-state index contributed by atoms with van der Waals surface area (Å²) in [7, 11) is 0. The lowest BCUT2D eigenvalue weighted by atomic mass is 10.1. The molecule has 0 aromatic rings. The number of carbonyl (C=O) groups is 1. The molecule has 0 spiro atoms. The lowest BCUT2D eigenvalue weighted by Crippen LogP contribution is -2.28. The fourth-order valence-corrected chi connectivity index (χ4v) is 0.976. The molecule has 0 fully saturated rings. The number of halogens is 1. The van der Waals surface area contributed by atoms with Crippen molar-refractivity contribution in [2.45, 2.75) is 17.7 Å². The summed E-state index contributed by atoms with van der Waals surface area (Å²) in [4.78, 5) is 9.32. The molecule has 1 rings (SSSR count). The van der Waals surface area contributed by atoms with Crippen molar-refractivity contribution < 1.29 is 9.90 Å². The van der Waals surface area contributed by atoms with Gasteiger partial charge in [-0.15, -0.1) is 11.6 Å². The number of allylic oxidation sites excluding steroid dienone is 2. The molecule has 1 N–H and O–H groups in total. The van der Waals surface area contributed by atoms with Crippen molar-refractivity contribution in [3.63, 3.8) is 0 Å². The molecule has 0 aromatic carbocycles. The number of alkyl halides is 1. The first-order valence-corrected chi connectivity index (χ1v) is 3.10. The van der Waals surface area contributed by atoms with Crippen LogP contribution in [0.1, 0.15) is 12.8 Å². The zero-order valence-corrected chi connectivity index (χ0v) is 5.56. The van der Waals surface area contributed by atoms with E-state index in [-0.39, 0.29) is 0 Å². The molecule has 2 nitrogen and oxygen atoms in total. The monoisotopic (exact) mass is 146 g/mol. The fraction of sp³-hybridized carbons (Fsp3) is 0.500. The summed E-state index contributed by atoms with van der Waals surface area (Å²) in [6.45, 7) is 0. The molecule has 0 amide bonds. The molecular formula is C6H7ClO2. The van der Waals surface area contributed by atoms with Gasteiger partial charge in [-0.25, -0.2) is 0 Å². The van der Waals surface area contributed by atoms with E-state index in [0.29, 0.717) is 12.8 Å². The quantitative estimate of drug-likeness (QED) is 0.449. The third-order valence-corrected chi connectivity index (χ3v) is 1.90. The predicted octanol–water partition coefficient (Wildman–Crippen LogP) is 1.40. The Kier molecular flexibility index (Phi) is 1.49. The first-order chi connectivity index (χ1) is 4.15. The van der Waals surface area contributed by atoms with E-state index < -0.39 is 10.8 Å². The number of hydrogen-bond acceptors (Lipinski definition) is 1. The number of hydrogen-bond donors (Lipinski definition) is 1. The first kappa shape index (κ1) is 6.62. The average Bonchev–Trinajstić information content (AvgIpc) is 2.16. The third kappa shape index (κ3) is 1.08. The van der Waals surface area contributed by atoms with Crippen LogP contribution in [0.25, 0.3) is 0 Å². The van der Waals surface area contributed by atoms with Gasteiger partial charge < -0.3 is 5.11 Å². The lowest BCUT2D eigenvalue weighted by molar-refractivity contribution is -0.139. The maximum Gasteiger partial charge on any atom is 0.325 e. The molecule has 0 bridgehead atoms. The van der Waals surface area contributed by atoms with Gasteiger partial charge in [0.25, 0.3) is 0 Å². The van der Waals surface area contributed by atoms with Crippen LogP contribution in [0.2, 0.25) is 0 Å². The summed E-state index contributed by atoms with van der Waals surface area (Å²) in [5, 5.41) is 8.50. The van der Waals surface area contributed by atoms with Crippen molar-refractivity contribution in [2.75, 3.05) is 0 Å². The molecule has 0 aromatic heterocycles. The highest BCUT2D eigenvalue weighted by Gasteiger charge is 2.36. The lowest BCUT2D eigenvalue weighted by Gasteiger charge is -2.12. The Morgan fingerprint density at radius 1 is 1.56 bits per heavy atom. The standard InChI is InChI=1S/C6H7ClO2/c7-6(5(8)9)3-1-2-4-6/h1-2H,3-4H2,(H,8,9). The minimum absolute atomic E-state index is 0.448. The second kappa shape index (κ2) is 2.03. The number of aliphatic carboxylic acids is 1. The van der Waals surface area contributed by atoms with Gasteiger partial charge in [-0.2, -0.15) is 0 Å². The Morgan fingerprint density at radius 3 is 2.22 bits per heavy atom. The molecule has 50 valence electrons.